The highest BCUT2D eigenvalue weighted by atomic mass is 16.3. The Morgan fingerprint density at radius 2 is 2.00 bits per heavy atom. The van der Waals surface area contributed by atoms with E-state index in [4.69, 9.17) is 0 Å². The van der Waals surface area contributed by atoms with Gasteiger partial charge in [0.05, 0.1) is 12.1 Å². The Morgan fingerprint density at radius 1 is 1.21 bits per heavy atom. The molecule has 0 amide bonds. The van der Waals surface area contributed by atoms with E-state index < -0.39 is 0 Å². The normalized spacial score (nSPS) is 55.8. The van der Waals surface area contributed by atoms with Crippen LogP contribution in [0.3, 0.4) is 0 Å². The van der Waals surface area contributed by atoms with Gasteiger partial charge in [-0.15, -0.1) is 0 Å². The summed E-state index contributed by atoms with van der Waals surface area (Å²) in [5.74, 6) is 1.14. The number of hydrogen-bond acceptors (Lipinski definition) is 4. The lowest BCUT2D eigenvalue weighted by Crippen LogP contribution is -2.72. The Kier molecular flexibility index (Phi) is 2.45. The number of likely N-dealkylation sites (N-methyl/N-ethyl adjacent to an activating group) is 1. The maximum atomic E-state index is 11.6. The third-order valence-corrected chi connectivity index (χ3v) is 8.46. The van der Waals surface area contributed by atoms with E-state index in [9.17, 15) is 10.2 Å². The smallest absolute Gasteiger partial charge is 0.111 e. The van der Waals surface area contributed by atoms with Gasteiger partial charge in [0.15, 0.2) is 0 Å². The number of piperidine rings is 4. The number of anilines is 1. The number of aliphatic hydroxyl groups is 2. The molecule has 0 radical (unpaired) electrons. The predicted octanol–water partition coefficient (Wildman–Crippen LogP) is 1.55. The summed E-state index contributed by atoms with van der Waals surface area (Å²) < 4.78 is 0. The first-order valence-corrected chi connectivity index (χ1v) is 9.57. The van der Waals surface area contributed by atoms with Crippen LogP contribution in [-0.4, -0.2) is 52.6 Å². The highest BCUT2D eigenvalue weighted by molar-refractivity contribution is 5.67. The molecule has 4 saturated heterocycles. The largest absolute Gasteiger partial charge is 0.392 e. The van der Waals surface area contributed by atoms with Crippen molar-refractivity contribution in [1.82, 2.24) is 4.90 Å². The summed E-state index contributed by atoms with van der Waals surface area (Å²) in [4.78, 5) is 4.83. The maximum absolute atomic E-state index is 11.6. The van der Waals surface area contributed by atoms with Crippen LogP contribution in [0.15, 0.2) is 24.3 Å². The van der Waals surface area contributed by atoms with Crippen molar-refractivity contribution in [1.29, 1.82) is 0 Å². The van der Waals surface area contributed by atoms with Crippen LogP contribution >= 0.6 is 0 Å². The fraction of sp³-hybridized carbons (Fsp3) is 0.700. The summed E-state index contributed by atoms with van der Waals surface area (Å²) in [6.07, 6.45) is 2.56. The zero-order valence-corrected chi connectivity index (χ0v) is 14.3. The fourth-order valence-electron chi connectivity index (χ4n) is 7.88. The third-order valence-electron chi connectivity index (χ3n) is 8.46. The Balaban J connectivity index is 1.60. The lowest BCUT2D eigenvalue weighted by atomic mass is 9.62. The van der Waals surface area contributed by atoms with Gasteiger partial charge in [0.25, 0.3) is 0 Å². The summed E-state index contributed by atoms with van der Waals surface area (Å²) >= 11 is 0. The topological polar surface area (TPSA) is 46.9 Å². The van der Waals surface area contributed by atoms with Crippen molar-refractivity contribution in [2.75, 3.05) is 11.9 Å². The van der Waals surface area contributed by atoms with Crippen LogP contribution in [0.25, 0.3) is 0 Å². The molecule has 1 saturated carbocycles. The summed E-state index contributed by atoms with van der Waals surface area (Å²) in [6.45, 7) is 2.19. The molecule has 1 aromatic carbocycles. The van der Waals surface area contributed by atoms with Crippen molar-refractivity contribution in [3.63, 3.8) is 0 Å². The molecule has 7 rings (SSSR count). The molecular weight excluding hydrogens is 300 g/mol. The minimum atomic E-state index is -0.319. The first kappa shape index (κ1) is 14.1. The van der Waals surface area contributed by atoms with Crippen LogP contribution < -0.4 is 4.90 Å². The average molecular weight is 326 g/mol. The Morgan fingerprint density at radius 3 is 2.79 bits per heavy atom. The monoisotopic (exact) mass is 326 g/mol. The third kappa shape index (κ3) is 1.20. The van der Waals surface area contributed by atoms with E-state index in [1.807, 2.05) is 0 Å². The summed E-state index contributed by atoms with van der Waals surface area (Å²) in [7, 11) is 2.19. The van der Waals surface area contributed by atoms with Crippen LogP contribution in [-0.2, 0) is 5.41 Å². The number of benzene rings is 1. The summed E-state index contributed by atoms with van der Waals surface area (Å²) in [5.41, 5.74) is 2.51. The van der Waals surface area contributed by atoms with Gasteiger partial charge in [-0.25, -0.2) is 0 Å². The molecule has 0 aromatic heterocycles. The molecule has 1 aliphatic carbocycles. The Bertz CT molecular complexity index is 723. The van der Waals surface area contributed by atoms with Gasteiger partial charge in [0, 0.05) is 42.1 Å². The zero-order chi connectivity index (χ0) is 16.4. The number of hydrogen-bond donors (Lipinski definition) is 2. The lowest BCUT2D eigenvalue weighted by molar-refractivity contribution is -0.211. The summed E-state index contributed by atoms with van der Waals surface area (Å²) in [6, 6.07) is 9.70. The van der Waals surface area contributed by atoms with Crippen molar-refractivity contribution < 1.29 is 10.2 Å². The second-order valence-electron chi connectivity index (χ2n) is 8.81. The number of rotatable bonds is 1. The van der Waals surface area contributed by atoms with E-state index in [2.05, 4.69) is 48.0 Å². The molecule has 5 fully saturated rings. The van der Waals surface area contributed by atoms with Crippen molar-refractivity contribution in [3.05, 3.63) is 29.8 Å². The van der Waals surface area contributed by atoms with Gasteiger partial charge in [0.1, 0.15) is 6.23 Å². The van der Waals surface area contributed by atoms with Gasteiger partial charge in [-0.05, 0) is 36.8 Å². The summed E-state index contributed by atoms with van der Waals surface area (Å²) in [5, 5.41) is 22.6. The minimum absolute atomic E-state index is 0.126. The minimum Gasteiger partial charge on any atom is -0.392 e. The van der Waals surface area contributed by atoms with Crippen molar-refractivity contribution in [3.8, 4) is 0 Å². The molecule has 4 heteroatoms. The van der Waals surface area contributed by atoms with Crippen LogP contribution in [0.2, 0.25) is 0 Å². The molecule has 1 unspecified atom stereocenters. The second-order valence-corrected chi connectivity index (χ2v) is 8.81. The van der Waals surface area contributed by atoms with E-state index in [1.54, 1.807) is 0 Å². The molecule has 4 nitrogen and oxygen atoms in total. The lowest BCUT2D eigenvalue weighted by Gasteiger charge is -2.62. The van der Waals surface area contributed by atoms with Gasteiger partial charge < -0.3 is 15.1 Å². The van der Waals surface area contributed by atoms with E-state index in [1.165, 1.54) is 11.3 Å². The molecule has 1 aromatic rings. The van der Waals surface area contributed by atoms with Crippen molar-refractivity contribution in [2.24, 2.45) is 17.8 Å². The van der Waals surface area contributed by atoms with Crippen LogP contribution in [0.1, 0.15) is 31.7 Å². The molecule has 5 heterocycles. The quantitative estimate of drug-likeness (QED) is 0.822. The van der Waals surface area contributed by atoms with Gasteiger partial charge in [-0.3, -0.25) is 4.90 Å². The van der Waals surface area contributed by atoms with Gasteiger partial charge >= 0.3 is 0 Å². The van der Waals surface area contributed by atoms with E-state index in [-0.39, 0.29) is 17.7 Å². The van der Waals surface area contributed by atoms with Gasteiger partial charge in [-0.2, -0.15) is 0 Å². The molecular formula is C20H26N2O2. The number of aliphatic hydroxyl groups excluding tert-OH is 2. The Hall–Kier alpha value is -1.10. The van der Waals surface area contributed by atoms with E-state index >= 15 is 0 Å². The van der Waals surface area contributed by atoms with E-state index in [0.717, 1.165) is 19.3 Å². The molecule has 24 heavy (non-hydrogen) atoms. The van der Waals surface area contributed by atoms with Crippen LogP contribution in [0.5, 0.6) is 0 Å². The van der Waals surface area contributed by atoms with Gasteiger partial charge in [0.2, 0.25) is 0 Å². The number of nitrogens with zero attached hydrogens (tertiary/aromatic N) is 2. The highest BCUT2D eigenvalue weighted by Crippen LogP contribution is 2.68. The van der Waals surface area contributed by atoms with Gasteiger partial charge in [-0.1, -0.05) is 25.1 Å². The molecule has 2 N–H and O–H groups in total. The standard InChI is InChI=1S/C20H26N2O2/c1-3-10-11-8-14-17-20(12-6-4-5-7-13(12)21(17)2)9-15(16(11)18(20)23)22(14)19(10)24/h4-7,10-11,14-19,23-24H,3,8-9H2,1-2H3/t10-,11-,14-,15-,16-,17-,18+,19-,20-/m0/s1. The van der Waals surface area contributed by atoms with Crippen LogP contribution in [0.4, 0.5) is 5.69 Å². The average Bonchev–Trinajstić information content (AvgIpc) is 2.97. The number of fused-ring (bicyclic) bond motifs is 2. The highest BCUT2D eigenvalue weighted by Gasteiger charge is 2.76. The first-order valence-electron chi connectivity index (χ1n) is 9.57. The first-order chi connectivity index (χ1) is 11.6. The molecule has 1 spiro atoms. The maximum Gasteiger partial charge on any atom is 0.111 e. The molecule has 5 bridgehead atoms. The Labute approximate surface area is 143 Å². The zero-order valence-electron chi connectivity index (χ0n) is 14.3. The molecule has 128 valence electrons. The number of para-hydroxylation sites is 1. The van der Waals surface area contributed by atoms with Crippen molar-refractivity contribution >= 4 is 5.69 Å². The van der Waals surface area contributed by atoms with Crippen LogP contribution in [0, 0.1) is 17.8 Å². The van der Waals surface area contributed by atoms with Crippen molar-refractivity contribution in [2.45, 2.75) is 62.1 Å². The predicted molar refractivity (Wildman–Crippen MR) is 91.7 cm³/mol. The fourth-order valence-corrected chi connectivity index (χ4v) is 7.88. The second kappa shape index (κ2) is 4.17. The van der Waals surface area contributed by atoms with E-state index in [0.29, 0.717) is 35.9 Å². The SMILES string of the molecule is CC[C@H]1[C@@H]2C[C@H]3[C@@H]4N(C)c5ccccc5[C@@]45C[C@@H]([C@H]2[C@H]5O)N3[C@H]1O. The molecule has 10 atom stereocenters. The molecule has 5 aliphatic heterocycles. The molecule has 6 aliphatic rings.